The Kier molecular flexibility index (Phi) is 5.01. The van der Waals surface area contributed by atoms with Gasteiger partial charge in [-0.25, -0.2) is 0 Å². The quantitative estimate of drug-likeness (QED) is 0.803. The van der Waals surface area contributed by atoms with E-state index in [1.807, 2.05) is 4.57 Å². The number of ketones is 1. The molecule has 1 aromatic heterocycles. The number of rotatable bonds is 4. The lowest BCUT2D eigenvalue weighted by molar-refractivity contribution is -0.115. The van der Waals surface area contributed by atoms with Crippen LogP contribution in [0.25, 0.3) is 6.08 Å². The lowest BCUT2D eigenvalue weighted by Gasteiger charge is -2.09. The van der Waals surface area contributed by atoms with Gasteiger partial charge in [0.15, 0.2) is 17.5 Å². The molecule has 2 aromatic rings. The highest BCUT2D eigenvalue weighted by molar-refractivity contribution is 6.00. The molecule has 0 aliphatic carbocycles. The van der Waals surface area contributed by atoms with Gasteiger partial charge in [0, 0.05) is 13.0 Å². The topological polar surface area (TPSA) is 95.4 Å². The summed E-state index contributed by atoms with van der Waals surface area (Å²) in [6, 6.07) is 11.1. The van der Waals surface area contributed by atoms with Gasteiger partial charge in [-0.3, -0.25) is 4.79 Å². The normalized spacial score (nSPS) is 15.0. The van der Waals surface area contributed by atoms with Crippen molar-refractivity contribution in [2.75, 3.05) is 0 Å². The van der Waals surface area contributed by atoms with Gasteiger partial charge < -0.3 is 4.57 Å². The van der Waals surface area contributed by atoms with Crippen LogP contribution in [0, 0.1) is 22.7 Å². The maximum atomic E-state index is 12.5. The second kappa shape index (κ2) is 7.55. The SMILES string of the molecule is N#Cc1ccccc1C=CC(=O)C(C#N)c1nnc2n1CCCCC2. The van der Waals surface area contributed by atoms with Crippen LogP contribution >= 0.6 is 0 Å². The number of fused-ring (bicyclic) bond motifs is 1. The zero-order chi connectivity index (χ0) is 17.6. The van der Waals surface area contributed by atoms with E-state index in [1.165, 1.54) is 6.08 Å². The molecule has 0 amide bonds. The van der Waals surface area contributed by atoms with Crippen LogP contribution in [0.5, 0.6) is 0 Å². The van der Waals surface area contributed by atoms with E-state index in [4.69, 9.17) is 5.26 Å². The Morgan fingerprint density at radius 3 is 2.84 bits per heavy atom. The number of hydrogen-bond acceptors (Lipinski definition) is 5. The van der Waals surface area contributed by atoms with Gasteiger partial charge in [0.2, 0.25) is 0 Å². The van der Waals surface area contributed by atoms with Gasteiger partial charge in [-0.1, -0.05) is 30.7 Å². The van der Waals surface area contributed by atoms with E-state index in [0.717, 1.165) is 38.1 Å². The van der Waals surface area contributed by atoms with E-state index < -0.39 is 5.92 Å². The number of carbonyl (C=O) groups excluding carboxylic acids is 1. The predicted molar refractivity (Wildman–Crippen MR) is 91.1 cm³/mol. The van der Waals surface area contributed by atoms with Crippen molar-refractivity contribution in [2.45, 2.75) is 38.1 Å². The summed E-state index contributed by atoms with van der Waals surface area (Å²) in [4.78, 5) is 12.5. The van der Waals surface area contributed by atoms with Gasteiger partial charge >= 0.3 is 0 Å². The lowest BCUT2D eigenvalue weighted by atomic mass is 10.0. The molecule has 1 aromatic carbocycles. The Hall–Kier alpha value is -3.25. The number of carbonyl (C=O) groups is 1. The van der Waals surface area contributed by atoms with Gasteiger partial charge in [0.1, 0.15) is 5.82 Å². The first kappa shape index (κ1) is 16.6. The third kappa shape index (κ3) is 3.49. The molecule has 1 atom stereocenters. The number of aryl methyl sites for hydroxylation is 1. The van der Waals surface area contributed by atoms with Crippen LogP contribution in [0.1, 0.15) is 48.0 Å². The first-order chi connectivity index (χ1) is 12.2. The molecule has 1 aliphatic rings. The highest BCUT2D eigenvalue weighted by atomic mass is 16.1. The molecule has 6 nitrogen and oxygen atoms in total. The van der Waals surface area contributed by atoms with Crippen molar-refractivity contribution < 1.29 is 4.79 Å². The van der Waals surface area contributed by atoms with Crippen LogP contribution in [0.3, 0.4) is 0 Å². The Balaban J connectivity index is 1.86. The molecule has 0 fully saturated rings. The Labute approximate surface area is 146 Å². The van der Waals surface area contributed by atoms with Crippen LogP contribution in [0.2, 0.25) is 0 Å². The van der Waals surface area contributed by atoms with E-state index >= 15 is 0 Å². The standard InChI is InChI=1S/C19H17N5O/c20-12-15-7-4-3-6-14(15)9-10-17(25)16(13-21)19-23-22-18-8-2-1-5-11-24(18)19/h3-4,6-7,9-10,16H,1-2,5,8,11H2. The largest absolute Gasteiger partial charge is 0.313 e. The van der Waals surface area contributed by atoms with Crippen molar-refractivity contribution in [3.05, 3.63) is 53.1 Å². The van der Waals surface area contributed by atoms with Crippen LogP contribution < -0.4 is 0 Å². The van der Waals surface area contributed by atoms with E-state index in [0.29, 0.717) is 17.0 Å². The summed E-state index contributed by atoms with van der Waals surface area (Å²) in [7, 11) is 0. The molecule has 2 heterocycles. The van der Waals surface area contributed by atoms with Gasteiger partial charge in [0.25, 0.3) is 0 Å². The van der Waals surface area contributed by atoms with E-state index in [2.05, 4.69) is 22.3 Å². The van der Waals surface area contributed by atoms with Crippen molar-refractivity contribution in [3.63, 3.8) is 0 Å². The van der Waals surface area contributed by atoms with Crippen molar-refractivity contribution in [2.24, 2.45) is 0 Å². The summed E-state index contributed by atoms with van der Waals surface area (Å²) < 4.78 is 1.91. The molecule has 1 aliphatic heterocycles. The minimum atomic E-state index is -0.982. The molecule has 0 bridgehead atoms. The van der Waals surface area contributed by atoms with Crippen LogP contribution in [0.15, 0.2) is 30.3 Å². The number of aromatic nitrogens is 3. The fraction of sp³-hybridized carbons (Fsp3) is 0.316. The van der Waals surface area contributed by atoms with Crippen molar-refractivity contribution in [3.8, 4) is 12.1 Å². The minimum Gasteiger partial charge on any atom is -0.313 e. The molecule has 6 heteroatoms. The fourth-order valence-electron chi connectivity index (χ4n) is 2.98. The average molecular weight is 331 g/mol. The Morgan fingerprint density at radius 1 is 1.20 bits per heavy atom. The summed E-state index contributed by atoms with van der Waals surface area (Å²) in [5.41, 5.74) is 1.13. The van der Waals surface area contributed by atoms with E-state index in [9.17, 15) is 10.1 Å². The average Bonchev–Trinajstić information content (AvgIpc) is 2.88. The van der Waals surface area contributed by atoms with Crippen molar-refractivity contribution >= 4 is 11.9 Å². The summed E-state index contributed by atoms with van der Waals surface area (Å²) in [6.07, 6.45) is 6.90. The molecule has 0 spiro atoms. The zero-order valence-corrected chi connectivity index (χ0v) is 13.7. The number of nitrogens with zero attached hydrogens (tertiary/aromatic N) is 5. The predicted octanol–water partition coefficient (Wildman–Crippen LogP) is 2.77. The van der Waals surface area contributed by atoms with Gasteiger partial charge in [-0.2, -0.15) is 10.5 Å². The lowest BCUT2D eigenvalue weighted by Crippen LogP contribution is -2.15. The molecular formula is C19H17N5O. The zero-order valence-electron chi connectivity index (χ0n) is 13.7. The number of hydrogen-bond donors (Lipinski definition) is 0. The van der Waals surface area contributed by atoms with Crippen molar-refractivity contribution in [1.29, 1.82) is 10.5 Å². The first-order valence-corrected chi connectivity index (χ1v) is 8.27. The molecule has 124 valence electrons. The monoisotopic (exact) mass is 331 g/mol. The van der Waals surface area contributed by atoms with Crippen LogP contribution in [-0.2, 0) is 17.8 Å². The smallest absolute Gasteiger partial charge is 0.180 e. The third-order valence-corrected chi connectivity index (χ3v) is 4.32. The first-order valence-electron chi connectivity index (χ1n) is 8.27. The fourth-order valence-corrected chi connectivity index (χ4v) is 2.98. The maximum absolute atomic E-state index is 12.5. The molecule has 0 saturated heterocycles. The number of benzene rings is 1. The Morgan fingerprint density at radius 2 is 2.04 bits per heavy atom. The van der Waals surface area contributed by atoms with Crippen LogP contribution in [-0.4, -0.2) is 20.5 Å². The highest BCUT2D eigenvalue weighted by Gasteiger charge is 2.26. The molecule has 0 saturated carbocycles. The van der Waals surface area contributed by atoms with Crippen molar-refractivity contribution in [1.82, 2.24) is 14.8 Å². The molecule has 3 rings (SSSR count). The molecule has 25 heavy (non-hydrogen) atoms. The Bertz CT molecular complexity index is 897. The number of allylic oxidation sites excluding steroid dienone is 1. The third-order valence-electron chi connectivity index (χ3n) is 4.32. The molecular weight excluding hydrogens is 314 g/mol. The summed E-state index contributed by atoms with van der Waals surface area (Å²) >= 11 is 0. The maximum Gasteiger partial charge on any atom is 0.180 e. The highest BCUT2D eigenvalue weighted by Crippen LogP contribution is 2.21. The second-order valence-electron chi connectivity index (χ2n) is 5.93. The minimum absolute atomic E-state index is 0.352. The summed E-state index contributed by atoms with van der Waals surface area (Å²) in [5.74, 6) is -0.0680. The van der Waals surface area contributed by atoms with E-state index in [1.54, 1.807) is 30.3 Å². The molecule has 0 N–H and O–H groups in total. The van der Waals surface area contributed by atoms with Gasteiger partial charge in [-0.05, 0) is 30.5 Å². The summed E-state index contributed by atoms with van der Waals surface area (Å²) in [5, 5.41) is 26.9. The second-order valence-corrected chi connectivity index (χ2v) is 5.93. The summed E-state index contributed by atoms with van der Waals surface area (Å²) in [6.45, 7) is 0.740. The molecule has 1 unspecified atom stereocenters. The van der Waals surface area contributed by atoms with E-state index in [-0.39, 0.29) is 5.78 Å². The van der Waals surface area contributed by atoms with Crippen LogP contribution in [0.4, 0.5) is 0 Å². The van der Waals surface area contributed by atoms with Gasteiger partial charge in [-0.15, -0.1) is 10.2 Å². The number of nitriles is 2. The molecule has 0 radical (unpaired) electrons. The van der Waals surface area contributed by atoms with Gasteiger partial charge in [0.05, 0.1) is 17.7 Å².